The predicted octanol–water partition coefficient (Wildman–Crippen LogP) is 0.908. The van der Waals surface area contributed by atoms with E-state index < -0.39 is 29.4 Å². The van der Waals surface area contributed by atoms with Crippen LogP contribution < -0.4 is 5.56 Å². The van der Waals surface area contributed by atoms with E-state index in [0.29, 0.717) is 12.1 Å². The van der Waals surface area contributed by atoms with Crippen LogP contribution in [0.3, 0.4) is 0 Å². The zero-order chi connectivity index (χ0) is 12.5. The smallest absolute Gasteiger partial charge is 0.435 e. The normalized spacial score (nSPS) is 13.5. The van der Waals surface area contributed by atoms with Crippen molar-refractivity contribution in [3.63, 3.8) is 0 Å². The highest BCUT2D eigenvalue weighted by molar-refractivity contribution is 5.71. The van der Waals surface area contributed by atoms with Crippen LogP contribution in [0.25, 0.3) is 0 Å². The SMILES string of the molecule is C[C@@H](C(=O)O)n1nc(C(F)(F)F)ccc1=O. The van der Waals surface area contributed by atoms with Gasteiger partial charge in [0.05, 0.1) is 0 Å². The van der Waals surface area contributed by atoms with Gasteiger partial charge in [-0.15, -0.1) is 0 Å². The van der Waals surface area contributed by atoms with Crippen LogP contribution in [-0.4, -0.2) is 20.9 Å². The summed E-state index contributed by atoms with van der Waals surface area (Å²) in [7, 11) is 0. The highest BCUT2D eigenvalue weighted by atomic mass is 19.4. The fourth-order valence-electron chi connectivity index (χ4n) is 0.959. The maximum atomic E-state index is 12.2. The number of carboxylic acids is 1. The number of hydrogen-bond donors (Lipinski definition) is 1. The van der Waals surface area contributed by atoms with Crippen LogP contribution in [0.1, 0.15) is 18.7 Å². The molecule has 5 nitrogen and oxygen atoms in total. The van der Waals surface area contributed by atoms with Gasteiger partial charge < -0.3 is 5.11 Å². The zero-order valence-electron chi connectivity index (χ0n) is 8.02. The average Bonchev–Trinajstić information content (AvgIpc) is 2.15. The second kappa shape index (κ2) is 3.95. The molecule has 0 aliphatic rings. The van der Waals surface area contributed by atoms with Crippen LogP contribution >= 0.6 is 0 Å². The molecule has 0 saturated carbocycles. The Kier molecular flexibility index (Phi) is 3.02. The Morgan fingerprint density at radius 3 is 2.50 bits per heavy atom. The summed E-state index contributed by atoms with van der Waals surface area (Å²) in [6, 6.07) is -0.308. The number of halogens is 3. The van der Waals surface area contributed by atoms with E-state index in [-0.39, 0.29) is 4.68 Å². The molecule has 0 fully saturated rings. The Bertz CT molecular complexity index is 466. The summed E-state index contributed by atoms with van der Waals surface area (Å²) in [4.78, 5) is 21.6. The van der Waals surface area contributed by atoms with Crippen LogP contribution in [-0.2, 0) is 11.0 Å². The minimum atomic E-state index is -4.71. The van der Waals surface area contributed by atoms with Gasteiger partial charge in [-0.1, -0.05) is 0 Å². The Labute approximate surface area is 87.1 Å². The molecule has 0 bridgehead atoms. The average molecular weight is 236 g/mol. The topological polar surface area (TPSA) is 72.2 Å². The van der Waals surface area contributed by atoms with E-state index in [9.17, 15) is 22.8 Å². The molecule has 1 atom stereocenters. The van der Waals surface area contributed by atoms with Gasteiger partial charge in [-0.25, -0.2) is 9.48 Å². The Hall–Kier alpha value is -1.86. The number of aliphatic carboxylic acids is 1. The lowest BCUT2D eigenvalue weighted by Gasteiger charge is -2.11. The van der Waals surface area contributed by atoms with E-state index in [1.807, 2.05) is 0 Å². The number of carbonyl (C=O) groups is 1. The molecule has 0 spiro atoms. The monoisotopic (exact) mass is 236 g/mol. The van der Waals surface area contributed by atoms with Gasteiger partial charge in [-0.2, -0.15) is 18.3 Å². The molecule has 0 amide bonds. The second-order valence-electron chi connectivity index (χ2n) is 3.01. The number of alkyl halides is 3. The van der Waals surface area contributed by atoms with Crippen LogP contribution in [0.15, 0.2) is 16.9 Å². The first-order chi connectivity index (χ1) is 7.23. The first-order valence-corrected chi connectivity index (χ1v) is 4.13. The minimum absolute atomic E-state index is 0.283. The lowest BCUT2D eigenvalue weighted by atomic mass is 10.3. The van der Waals surface area contributed by atoms with Crippen molar-refractivity contribution >= 4 is 5.97 Å². The largest absolute Gasteiger partial charge is 0.480 e. The molecule has 0 unspecified atom stereocenters. The van der Waals surface area contributed by atoms with Gasteiger partial charge in [-0.3, -0.25) is 4.79 Å². The summed E-state index contributed by atoms with van der Waals surface area (Å²) in [6.45, 7) is 1.07. The predicted molar refractivity (Wildman–Crippen MR) is 45.8 cm³/mol. The zero-order valence-corrected chi connectivity index (χ0v) is 8.02. The molecular weight excluding hydrogens is 229 g/mol. The molecule has 0 radical (unpaired) electrons. The molecule has 1 N–H and O–H groups in total. The van der Waals surface area contributed by atoms with Crippen LogP contribution in [0.4, 0.5) is 13.2 Å². The summed E-state index contributed by atoms with van der Waals surface area (Å²) in [6.07, 6.45) is -4.71. The first kappa shape index (κ1) is 12.2. The highest BCUT2D eigenvalue weighted by Crippen LogP contribution is 2.26. The van der Waals surface area contributed by atoms with E-state index in [1.54, 1.807) is 0 Å². The van der Waals surface area contributed by atoms with E-state index in [0.717, 1.165) is 6.92 Å². The van der Waals surface area contributed by atoms with Crippen molar-refractivity contribution < 1.29 is 23.1 Å². The maximum Gasteiger partial charge on any atom is 0.435 e. The van der Waals surface area contributed by atoms with Gasteiger partial charge in [0.25, 0.3) is 5.56 Å². The first-order valence-electron chi connectivity index (χ1n) is 4.13. The quantitative estimate of drug-likeness (QED) is 0.828. The third kappa shape index (κ3) is 2.38. The standard InChI is InChI=1S/C8H7F3N2O3/c1-4(7(15)16)13-6(14)3-2-5(12-13)8(9,10)11/h2-4H,1H3,(H,15,16)/t4-/m0/s1. The number of carboxylic acid groups (broad SMARTS) is 1. The van der Waals surface area contributed by atoms with Crippen molar-refractivity contribution in [3.05, 3.63) is 28.2 Å². The maximum absolute atomic E-state index is 12.2. The molecule has 1 rings (SSSR count). The Balaban J connectivity index is 3.30. The molecule has 1 heterocycles. The van der Waals surface area contributed by atoms with E-state index >= 15 is 0 Å². The number of aromatic nitrogens is 2. The van der Waals surface area contributed by atoms with Crippen LogP contribution in [0.5, 0.6) is 0 Å². The van der Waals surface area contributed by atoms with Gasteiger partial charge in [0, 0.05) is 6.07 Å². The third-order valence-corrected chi connectivity index (χ3v) is 1.84. The molecule has 0 saturated heterocycles. The minimum Gasteiger partial charge on any atom is -0.480 e. The van der Waals surface area contributed by atoms with Gasteiger partial charge in [0.15, 0.2) is 11.7 Å². The third-order valence-electron chi connectivity index (χ3n) is 1.84. The van der Waals surface area contributed by atoms with E-state index in [4.69, 9.17) is 5.11 Å². The lowest BCUT2D eigenvalue weighted by Crippen LogP contribution is -2.31. The Morgan fingerprint density at radius 2 is 2.06 bits per heavy atom. The molecule has 1 aromatic heterocycles. The molecule has 1 aromatic rings. The summed E-state index contributed by atoms with van der Waals surface area (Å²) in [5.41, 5.74) is -2.21. The van der Waals surface area contributed by atoms with Crippen molar-refractivity contribution in [2.45, 2.75) is 19.1 Å². The molecule has 0 aromatic carbocycles. The molecule has 0 aliphatic heterocycles. The number of nitrogens with zero attached hydrogens (tertiary/aromatic N) is 2. The fourth-order valence-corrected chi connectivity index (χ4v) is 0.959. The van der Waals surface area contributed by atoms with Gasteiger partial charge in [-0.05, 0) is 13.0 Å². The van der Waals surface area contributed by atoms with Crippen molar-refractivity contribution in [1.82, 2.24) is 9.78 Å². The summed E-state index contributed by atoms with van der Waals surface area (Å²) in [5.74, 6) is -1.44. The summed E-state index contributed by atoms with van der Waals surface area (Å²) >= 11 is 0. The Morgan fingerprint density at radius 1 is 1.50 bits per heavy atom. The molecule has 0 aliphatic carbocycles. The fraction of sp³-hybridized carbons (Fsp3) is 0.375. The van der Waals surface area contributed by atoms with Crippen LogP contribution in [0.2, 0.25) is 0 Å². The highest BCUT2D eigenvalue weighted by Gasteiger charge is 2.34. The lowest BCUT2D eigenvalue weighted by molar-refractivity contribution is -0.145. The molecule has 88 valence electrons. The molecule has 16 heavy (non-hydrogen) atoms. The van der Waals surface area contributed by atoms with Crippen molar-refractivity contribution in [1.29, 1.82) is 0 Å². The van der Waals surface area contributed by atoms with Gasteiger partial charge in [0.1, 0.15) is 0 Å². The summed E-state index contributed by atoms with van der Waals surface area (Å²) < 4.78 is 37.0. The molecular formula is C8H7F3N2O3. The summed E-state index contributed by atoms with van der Waals surface area (Å²) in [5, 5.41) is 11.5. The van der Waals surface area contributed by atoms with E-state index in [2.05, 4.69) is 5.10 Å². The van der Waals surface area contributed by atoms with Crippen LogP contribution in [0, 0.1) is 0 Å². The molecule has 8 heteroatoms. The van der Waals surface area contributed by atoms with Crippen molar-refractivity contribution in [3.8, 4) is 0 Å². The van der Waals surface area contributed by atoms with Crippen molar-refractivity contribution in [2.24, 2.45) is 0 Å². The second-order valence-corrected chi connectivity index (χ2v) is 3.01. The van der Waals surface area contributed by atoms with Crippen molar-refractivity contribution in [2.75, 3.05) is 0 Å². The number of rotatable bonds is 2. The van der Waals surface area contributed by atoms with Gasteiger partial charge in [0.2, 0.25) is 0 Å². The van der Waals surface area contributed by atoms with E-state index in [1.165, 1.54) is 0 Å². The number of hydrogen-bond acceptors (Lipinski definition) is 3. The van der Waals surface area contributed by atoms with Gasteiger partial charge >= 0.3 is 12.1 Å².